The molecule has 1 fully saturated rings. The summed E-state index contributed by atoms with van der Waals surface area (Å²) in [7, 11) is 1.61. The molecule has 7 unspecified atom stereocenters. The Hall–Kier alpha value is -6.88. The highest BCUT2D eigenvalue weighted by molar-refractivity contribution is 6.03. The van der Waals surface area contributed by atoms with Crippen molar-refractivity contribution in [2.75, 3.05) is 25.2 Å². The van der Waals surface area contributed by atoms with E-state index in [9.17, 15) is 38.8 Å². The summed E-state index contributed by atoms with van der Waals surface area (Å²) in [6, 6.07) is 30.7. The van der Waals surface area contributed by atoms with Crippen molar-refractivity contribution in [2.24, 2.45) is 16.3 Å². The third-order valence-electron chi connectivity index (χ3n) is 11.2. The van der Waals surface area contributed by atoms with Gasteiger partial charge in [0.1, 0.15) is 41.3 Å². The normalized spacial score (nSPS) is 17.0. The molecule has 0 aromatic heterocycles. The molecule has 0 aliphatic carbocycles. The summed E-state index contributed by atoms with van der Waals surface area (Å²) in [6.07, 6.45) is -2.07. The number of rotatable bonds is 21. The molecule has 1 aliphatic rings. The molecular weight excluding hydrogens is 814 g/mol. The fraction of sp³-hybridized carbons (Fsp3) is 0.298. The van der Waals surface area contributed by atoms with E-state index >= 15 is 0 Å². The highest BCUT2D eigenvalue weighted by atomic mass is 19.1. The molecule has 5 aromatic rings. The summed E-state index contributed by atoms with van der Waals surface area (Å²) in [4.78, 5) is 63.1. The molecule has 0 radical (unpaired) electrons. The number of aliphatic hydroxyl groups excluding tert-OH is 3. The van der Waals surface area contributed by atoms with Crippen LogP contribution in [0.5, 0.6) is 17.2 Å². The number of carbonyl (C=O) groups is 3. The van der Waals surface area contributed by atoms with Gasteiger partial charge in [-0.2, -0.15) is 9.81 Å². The number of nitrogens with one attached hydrogen (secondary N) is 2. The lowest BCUT2D eigenvalue weighted by atomic mass is 9.77. The number of anilines is 1. The smallest absolute Gasteiger partial charge is 0.251 e. The summed E-state index contributed by atoms with van der Waals surface area (Å²) in [5.41, 5.74) is 4.19. The van der Waals surface area contributed by atoms with Gasteiger partial charge in [0.05, 0.1) is 31.8 Å². The second kappa shape index (κ2) is 21.3. The highest BCUT2D eigenvalue weighted by Gasteiger charge is 2.48. The number of halogens is 1. The van der Waals surface area contributed by atoms with Crippen LogP contribution in [0.25, 0.3) is 0 Å². The molecule has 15 nitrogen and oxygen atoms in total. The van der Waals surface area contributed by atoms with Crippen LogP contribution in [0, 0.1) is 21.5 Å². The van der Waals surface area contributed by atoms with E-state index in [2.05, 4.69) is 27.9 Å². The average Bonchev–Trinajstić information content (AvgIpc) is 3.31. The molecule has 6 rings (SSSR count). The van der Waals surface area contributed by atoms with E-state index in [1.165, 1.54) is 36.4 Å². The molecule has 1 saturated heterocycles. The number of methoxy groups -OCH3 is 1. The van der Waals surface area contributed by atoms with Gasteiger partial charge in [0, 0.05) is 29.9 Å². The van der Waals surface area contributed by atoms with Crippen molar-refractivity contribution >= 4 is 23.4 Å². The molecule has 0 spiro atoms. The zero-order valence-electron chi connectivity index (χ0n) is 34.5. The predicted molar refractivity (Wildman–Crippen MR) is 232 cm³/mol. The van der Waals surface area contributed by atoms with E-state index in [0.717, 1.165) is 34.5 Å². The molecule has 16 heteroatoms. The number of nitrogens with zero attached hydrogens (tertiary/aromatic N) is 3. The van der Waals surface area contributed by atoms with Crippen molar-refractivity contribution in [2.45, 2.75) is 62.6 Å². The Labute approximate surface area is 362 Å². The number of ether oxygens (including phenoxy) is 2. The summed E-state index contributed by atoms with van der Waals surface area (Å²) >= 11 is 0. The van der Waals surface area contributed by atoms with Crippen molar-refractivity contribution in [3.8, 4) is 17.2 Å². The SMILES string of the molecule is COc1ccc(C2C(CCC(C)c3ccc(F)cc3)C(=O)N2c2ccc(CNC(=O)c3ccc(Oc4ccc(C(=O)NCC(O)C(N=O)C(O)C(CO)N=O)cc4)cc3)cc2)cc1. The van der Waals surface area contributed by atoms with Gasteiger partial charge in [0.25, 0.3) is 11.8 Å². The lowest BCUT2D eigenvalue weighted by Gasteiger charge is -2.48. The molecule has 7 atom stereocenters. The number of hydrogen-bond donors (Lipinski definition) is 5. The summed E-state index contributed by atoms with van der Waals surface area (Å²) in [5, 5.41) is 39.9. The molecule has 1 aliphatic heterocycles. The Morgan fingerprint density at radius 1 is 0.778 bits per heavy atom. The first-order valence-corrected chi connectivity index (χ1v) is 20.3. The van der Waals surface area contributed by atoms with E-state index in [4.69, 9.17) is 14.6 Å². The second-order valence-corrected chi connectivity index (χ2v) is 15.3. The van der Waals surface area contributed by atoms with Gasteiger partial charge in [-0.25, -0.2) is 4.39 Å². The van der Waals surface area contributed by atoms with Crippen LogP contribution in [-0.4, -0.2) is 77.6 Å². The van der Waals surface area contributed by atoms with Gasteiger partial charge >= 0.3 is 0 Å². The maximum absolute atomic E-state index is 13.7. The lowest BCUT2D eigenvalue weighted by Crippen LogP contribution is -2.55. The summed E-state index contributed by atoms with van der Waals surface area (Å²) in [5.74, 6) is 0.291. The van der Waals surface area contributed by atoms with Crippen molar-refractivity contribution in [1.82, 2.24) is 10.6 Å². The molecular formula is C47H48FN5O10. The number of hydrogen-bond acceptors (Lipinski definition) is 12. The number of β-lactam (4-membered cyclic amide) rings is 1. The molecule has 63 heavy (non-hydrogen) atoms. The monoisotopic (exact) mass is 861 g/mol. The molecule has 0 bridgehead atoms. The van der Waals surface area contributed by atoms with Gasteiger partial charge in [0.2, 0.25) is 5.91 Å². The van der Waals surface area contributed by atoms with Gasteiger partial charge in [0.15, 0.2) is 0 Å². The van der Waals surface area contributed by atoms with Crippen LogP contribution >= 0.6 is 0 Å². The number of carbonyl (C=O) groups excluding carboxylic acids is 3. The minimum absolute atomic E-state index is 0.0288. The van der Waals surface area contributed by atoms with E-state index in [-0.39, 0.29) is 47.6 Å². The lowest BCUT2D eigenvalue weighted by molar-refractivity contribution is -0.130. The van der Waals surface area contributed by atoms with Crippen LogP contribution in [0.4, 0.5) is 10.1 Å². The fourth-order valence-corrected chi connectivity index (χ4v) is 7.44. The Bertz CT molecular complexity index is 2330. The molecule has 5 aromatic carbocycles. The zero-order chi connectivity index (χ0) is 45.0. The predicted octanol–water partition coefficient (Wildman–Crippen LogP) is 6.56. The minimum Gasteiger partial charge on any atom is -0.497 e. The molecule has 328 valence electrons. The first-order chi connectivity index (χ1) is 30.4. The van der Waals surface area contributed by atoms with Gasteiger partial charge < -0.3 is 40.3 Å². The maximum Gasteiger partial charge on any atom is 0.251 e. The first kappa shape index (κ1) is 45.6. The van der Waals surface area contributed by atoms with E-state index < -0.39 is 43.4 Å². The standard InChI is InChI=1S/C47H48FN5O10/c1-28(30-6-14-34(48)15-7-30)3-24-39-43(31-8-18-36(62-2)19-9-31)53(47(39)59)35-16-4-29(5-17-35)25-49-45(57)32-10-20-37(21-11-32)63-38-22-12-33(13-23-38)46(58)50-26-41(55)42(52-61)44(56)40(27-54)51-60/h4-23,28,39-44,54-56H,3,24-27H2,1-2H3,(H,49,57)(H,50,58). The summed E-state index contributed by atoms with van der Waals surface area (Å²) < 4.78 is 24.7. The fourth-order valence-electron chi connectivity index (χ4n) is 7.44. The first-order valence-electron chi connectivity index (χ1n) is 20.3. The second-order valence-electron chi connectivity index (χ2n) is 15.3. The highest BCUT2D eigenvalue weighted by Crippen LogP contribution is 2.46. The third-order valence-corrected chi connectivity index (χ3v) is 11.2. The maximum atomic E-state index is 13.7. The Balaban J connectivity index is 0.997. The van der Waals surface area contributed by atoms with Crippen LogP contribution in [-0.2, 0) is 11.3 Å². The van der Waals surface area contributed by atoms with Crippen molar-refractivity contribution < 1.29 is 43.6 Å². The quantitative estimate of drug-likeness (QED) is 0.0396. The van der Waals surface area contributed by atoms with Gasteiger partial charge in [-0.05, 0) is 120 Å². The Morgan fingerprint density at radius 3 is 1.89 bits per heavy atom. The largest absolute Gasteiger partial charge is 0.497 e. The Kier molecular flexibility index (Phi) is 15.4. The van der Waals surface area contributed by atoms with Crippen LogP contribution < -0.4 is 25.0 Å². The zero-order valence-corrected chi connectivity index (χ0v) is 34.5. The number of nitroso groups, excluding NO2 is 2. The van der Waals surface area contributed by atoms with Crippen LogP contribution in [0.1, 0.15) is 69.1 Å². The van der Waals surface area contributed by atoms with Gasteiger partial charge in [-0.1, -0.05) is 53.7 Å². The average molecular weight is 862 g/mol. The van der Waals surface area contributed by atoms with Gasteiger partial charge in [-0.3, -0.25) is 14.4 Å². The van der Waals surface area contributed by atoms with Crippen molar-refractivity contribution in [1.29, 1.82) is 0 Å². The van der Waals surface area contributed by atoms with Crippen LogP contribution in [0.3, 0.4) is 0 Å². The Morgan fingerprint density at radius 2 is 1.35 bits per heavy atom. The van der Waals surface area contributed by atoms with Gasteiger partial charge in [-0.15, -0.1) is 0 Å². The molecule has 0 saturated carbocycles. The number of amides is 3. The third kappa shape index (κ3) is 11.1. The topological polar surface area (TPSA) is 217 Å². The van der Waals surface area contributed by atoms with Crippen molar-refractivity contribution in [3.63, 3.8) is 0 Å². The number of benzene rings is 5. The van der Waals surface area contributed by atoms with E-state index in [1.807, 2.05) is 53.4 Å². The molecule has 5 N–H and O–H groups in total. The van der Waals surface area contributed by atoms with Crippen LogP contribution in [0.15, 0.2) is 132 Å². The minimum atomic E-state index is -1.84. The van der Waals surface area contributed by atoms with Crippen molar-refractivity contribution in [3.05, 3.63) is 165 Å². The molecule has 3 amide bonds. The number of aliphatic hydroxyl groups is 3. The van der Waals surface area contributed by atoms with E-state index in [0.29, 0.717) is 23.5 Å². The molecule has 1 heterocycles. The summed E-state index contributed by atoms with van der Waals surface area (Å²) in [6.45, 7) is 0.993. The van der Waals surface area contributed by atoms with E-state index in [1.54, 1.807) is 43.5 Å². The van der Waals surface area contributed by atoms with Crippen LogP contribution in [0.2, 0.25) is 0 Å².